The van der Waals surface area contributed by atoms with E-state index in [-0.39, 0.29) is 39.3 Å². The van der Waals surface area contributed by atoms with Crippen LogP contribution in [0.2, 0.25) is 5.02 Å². The molecule has 0 heterocycles. The Morgan fingerprint density at radius 1 is 1.16 bits per heavy atom. The Morgan fingerprint density at radius 3 is 2.37 bits per heavy atom. The van der Waals surface area contributed by atoms with Gasteiger partial charge in [0.15, 0.2) is 9.84 Å². The summed E-state index contributed by atoms with van der Waals surface area (Å²) in [5, 5.41) is 0.272. The monoisotopic (exact) mass is 325 g/mol. The number of hydrogen-bond acceptors (Lipinski definition) is 5. The Bertz CT molecular complexity index is 653. The molecule has 2 N–H and O–H groups in total. The smallest absolute Gasteiger partial charge is 0.180 e. The number of anilines is 1. The summed E-state index contributed by atoms with van der Waals surface area (Å²) in [7, 11) is -6.78. The Balaban J connectivity index is 2.85. The van der Waals surface area contributed by atoms with Gasteiger partial charge in [-0.3, -0.25) is 0 Å². The van der Waals surface area contributed by atoms with Crippen molar-refractivity contribution in [2.45, 2.75) is 18.2 Å². The van der Waals surface area contributed by atoms with E-state index in [1.165, 1.54) is 25.1 Å². The van der Waals surface area contributed by atoms with Gasteiger partial charge in [0, 0.05) is 10.8 Å². The minimum atomic E-state index is -3.62. The summed E-state index contributed by atoms with van der Waals surface area (Å²) < 4.78 is 46.7. The second kappa shape index (κ2) is 6.11. The predicted molar refractivity (Wildman–Crippen MR) is 76.9 cm³/mol. The number of rotatable bonds is 6. The molecule has 0 saturated heterocycles. The molecule has 0 radical (unpaired) electrons. The van der Waals surface area contributed by atoms with Gasteiger partial charge in [-0.25, -0.2) is 16.8 Å². The van der Waals surface area contributed by atoms with Gasteiger partial charge >= 0.3 is 0 Å². The zero-order valence-electron chi connectivity index (χ0n) is 10.5. The zero-order chi connectivity index (χ0) is 14.7. The van der Waals surface area contributed by atoms with Crippen LogP contribution in [0, 0.1) is 0 Å². The van der Waals surface area contributed by atoms with Crippen molar-refractivity contribution in [1.82, 2.24) is 0 Å². The van der Waals surface area contributed by atoms with Crippen LogP contribution in [0.4, 0.5) is 5.69 Å². The van der Waals surface area contributed by atoms with Crippen LogP contribution in [0.15, 0.2) is 23.1 Å². The van der Waals surface area contributed by atoms with Crippen LogP contribution in [0.3, 0.4) is 0 Å². The normalized spacial score (nSPS) is 12.5. The van der Waals surface area contributed by atoms with E-state index in [2.05, 4.69) is 0 Å². The molecule has 0 unspecified atom stereocenters. The van der Waals surface area contributed by atoms with Crippen molar-refractivity contribution >= 4 is 37.0 Å². The molecule has 0 atom stereocenters. The first kappa shape index (κ1) is 16.3. The van der Waals surface area contributed by atoms with Crippen molar-refractivity contribution in [2.24, 2.45) is 0 Å². The molecule has 0 saturated carbocycles. The van der Waals surface area contributed by atoms with E-state index in [0.29, 0.717) is 0 Å². The molecular weight excluding hydrogens is 310 g/mol. The van der Waals surface area contributed by atoms with Crippen molar-refractivity contribution in [1.29, 1.82) is 0 Å². The summed E-state index contributed by atoms with van der Waals surface area (Å²) in [6.45, 7) is 1.53. The van der Waals surface area contributed by atoms with E-state index in [0.717, 1.165) is 0 Å². The lowest BCUT2D eigenvalue weighted by Crippen LogP contribution is -2.15. The summed E-state index contributed by atoms with van der Waals surface area (Å²) in [6, 6.07) is 4.19. The third kappa shape index (κ3) is 4.67. The Kier molecular flexibility index (Phi) is 5.23. The minimum Gasteiger partial charge on any atom is -0.398 e. The second-order valence-electron chi connectivity index (χ2n) is 4.09. The summed E-state index contributed by atoms with van der Waals surface area (Å²) in [4.78, 5) is -0.0473. The fourth-order valence-corrected chi connectivity index (χ4v) is 4.27. The third-order valence-corrected chi connectivity index (χ3v) is 6.49. The van der Waals surface area contributed by atoms with Crippen molar-refractivity contribution in [2.75, 3.05) is 23.0 Å². The van der Waals surface area contributed by atoms with E-state index in [4.69, 9.17) is 17.3 Å². The molecule has 0 aliphatic rings. The zero-order valence-corrected chi connectivity index (χ0v) is 12.9. The maximum absolute atomic E-state index is 12.0. The standard InChI is InChI=1S/C11H16ClNO4S2/c1-2-18(14,15)6-3-7-19(16,17)11-8-9(12)4-5-10(11)13/h4-5,8H,2-3,6-7,13H2,1H3. The molecule has 1 rings (SSSR count). The van der Waals surface area contributed by atoms with E-state index in [9.17, 15) is 16.8 Å². The van der Waals surface area contributed by atoms with Crippen LogP contribution in [0.25, 0.3) is 0 Å². The van der Waals surface area contributed by atoms with Crippen LogP contribution in [0.1, 0.15) is 13.3 Å². The highest BCUT2D eigenvalue weighted by Crippen LogP contribution is 2.24. The molecule has 0 aliphatic carbocycles. The number of sulfone groups is 2. The van der Waals surface area contributed by atoms with Crippen molar-refractivity contribution in [3.8, 4) is 0 Å². The maximum atomic E-state index is 12.0. The summed E-state index contributed by atoms with van der Waals surface area (Å²) in [6.07, 6.45) is 0.0461. The maximum Gasteiger partial charge on any atom is 0.180 e. The molecular formula is C11H16ClNO4S2. The van der Waals surface area contributed by atoms with Gasteiger partial charge in [-0.1, -0.05) is 18.5 Å². The number of nitrogen functional groups attached to an aromatic ring is 1. The van der Waals surface area contributed by atoms with Crippen LogP contribution in [-0.2, 0) is 19.7 Å². The van der Waals surface area contributed by atoms with E-state index < -0.39 is 19.7 Å². The van der Waals surface area contributed by atoms with Crippen LogP contribution < -0.4 is 5.73 Å². The van der Waals surface area contributed by atoms with Gasteiger partial charge < -0.3 is 5.73 Å². The van der Waals surface area contributed by atoms with Crippen molar-refractivity contribution in [3.05, 3.63) is 23.2 Å². The molecule has 1 aromatic carbocycles. The Hall–Kier alpha value is -0.790. The molecule has 0 bridgehead atoms. The molecule has 0 spiro atoms. The van der Waals surface area contributed by atoms with E-state index >= 15 is 0 Å². The molecule has 5 nitrogen and oxygen atoms in total. The Labute approximate surface area is 118 Å². The highest BCUT2D eigenvalue weighted by Gasteiger charge is 2.19. The van der Waals surface area contributed by atoms with Gasteiger partial charge in [-0.05, 0) is 24.6 Å². The van der Waals surface area contributed by atoms with Gasteiger partial charge in [0.1, 0.15) is 9.84 Å². The van der Waals surface area contributed by atoms with Gasteiger partial charge in [0.25, 0.3) is 0 Å². The topological polar surface area (TPSA) is 94.3 Å². The Morgan fingerprint density at radius 2 is 1.79 bits per heavy atom. The lowest BCUT2D eigenvalue weighted by atomic mass is 10.3. The summed E-state index contributed by atoms with van der Waals surface area (Å²) in [5.41, 5.74) is 5.72. The molecule has 0 aromatic heterocycles. The SMILES string of the molecule is CCS(=O)(=O)CCCS(=O)(=O)c1cc(Cl)ccc1N. The first-order chi connectivity index (χ1) is 8.68. The summed E-state index contributed by atoms with van der Waals surface area (Å²) >= 11 is 5.74. The quantitative estimate of drug-likeness (QED) is 0.800. The van der Waals surface area contributed by atoms with Crippen molar-refractivity contribution in [3.63, 3.8) is 0 Å². The second-order valence-corrected chi connectivity index (χ2v) is 9.08. The van der Waals surface area contributed by atoms with Gasteiger partial charge in [-0.15, -0.1) is 0 Å². The number of hydrogen-bond donors (Lipinski definition) is 1. The molecule has 19 heavy (non-hydrogen) atoms. The predicted octanol–water partition coefficient (Wildman–Crippen LogP) is 1.52. The molecule has 0 amide bonds. The highest BCUT2D eigenvalue weighted by molar-refractivity contribution is 7.92. The van der Waals surface area contributed by atoms with Crippen molar-refractivity contribution < 1.29 is 16.8 Å². The molecule has 8 heteroatoms. The largest absolute Gasteiger partial charge is 0.398 e. The molecule has 0 fully saturated rings. The van der Waals surface area contributed by atoms with E-state index in [1.54, 1.807) is 0 Å². The van der Waals surface area contributed by atoms with Crippen LogP contribution >= 0.6 is 11.6 Å². The fourth-order valence-electron chi connectivity index (χ4n) is 1.50. The third-order valence-electron chi connectivity index (χ3n) is 2.62. The van der Waals surface area contributed by atoms with Crippen LogP contribution in [-0.4, -0.2) is 34.1 Å². The number of nitrogens with two attached hydrogens (primary N) is 1. The lowest BCUT2D eigenvalue weighted by molar-refractivity contribution is 0.590. The lowest BCUT2D eigenvalue weighted by Gasteiger charge is -2.08. The fraction of sp³-hybridized carbons (Fsp3) is 0.455. The number of halogens is 1. The minimum absolute atomic E-state index is 0.00630. The van der Waals surface area contributed by atoms with Gasteiger partial charge in [0.2, 0.25) is 0 Å². The molecule has 1 aromatic rings. The average Bonchev–Trinajstić information content (AvgIpc) is 2.31. The average molecular weight is 326 g/mol. The van der Waals surface area contributed by atoms with Gasteiger partial charge in [0.05, 0.1) is 22.1 Å². The first-order valence-corrected chi connectivity index (χ1v) is 9.51. The van der Waals surface area contributed by atoms with Crippen LogP contribution in [0.5, 0.6) is 0 Å². The molecule has 0 aliphatic heterocycles. The number of benzene rings is 1. The first-order valence-electron chi connectivity index (χ1n) is 5.66. The molecule has 108 valence electrons. The highest BCUT2D eigenvalue weighted by atomic mass is 35.5. The van der Waals surface area contributed by atoms with E-state index in [1.807, 2.05) is 0 Å². The van der Waals surface area contributed by atoms with Gasteiger partial charge in [-0.2, -0.15) is 0 Å². The summed E-state index contributed by atoms with van der Waals surface area (Å²) in [5.74, 6) is -0.410.